The Morgan fingerprint density at radius 3 is 2.79 bits per heavy atom. The SMILES string of the molecule is CC(CCCC(F)(F)F)Nc1ccc2sccc2c1. The molecule has 2 rings (SSSR count). The highest BCUT2D eigenvalue weighted by molar-refractivity contribution is 7.17. The molecule has 5 heteroatoms. The summed E-state index contributed by atoms with van der Waals surface area (Å²) in [6.07, 6.45) is -4.07. The summed E-state index contributed by atoms with van der Waals surface area (Å²) >= 11 is 1.68. The van der Waals surface area contributed by atoms with E-state index in [9.17, 15) is 13.2 Å². The Morgan fingerprint density at radius 2 is 2.05 bits per heavy atom. The first-order chi connectivity index (χ1) is 8.94. The zero-order valence-electron chi connectivity index (χ0n) is 10.6. The van der Waals surface area contributed by atoms with E-state index in [1.165, 1.54) is 4.70 Å². The number of benzene rings is 1. The lowest BCUT2D eigenvalue weighted by Gasteiger charge is -2.15. The fraction of sp³-hybridized carbons (Fsp3) is 0.429. The zero-order chi connectivity index (χ0) is 13.9. The van der Waals surface area contributed by atoms with Crippen LogP contribution in [0.25, 0.3) is 10.1 Å². The van der Waals surface area contributed by atoms with Crippen molar-refractivity contribution in [1.82, 2.24) is 0 Å². The van der Waals surface area contributed by atoms with Crippen molar-refractivity contribution in [1.29, 1.82) is 0 Å². The molecule has 0 saturated carbocycles. The standard InChI is InChI=1S/C14H16F3NS/c1-10(3-2-7-14(15,16)17)18-12-4-5-13-11(9-12)6-8-19-13/h4-6,8-10,18H,2-3,7H2,1H3. The molecule has 1 aromatic carbocycles. The van der Waals surface area contributed by atoms with Crippen molar-refractivity contribution in [2.24, 2.45) is 0 Å². The molecule has 1 aromatic heterocycles. The molecule has 0 amide bonds. The van der Waals surface area contributed by atoms with Crippen LogP contribution in [0.15, 0.2) is 29.6 Å². The maximum absolute atomic E-state index is 12.1. The quantitative estimate of drug-likeness (QED) is 0.772. The van der Waals surface area contributed by atoms with Gasteiger partial charge in [-0.05, 0) is 54.8 Å². The fourth-order valence-electron chi connectivity index (χ4n) is 2.02. The second-order valence-corrected chi connectivity index (χ2v) is 5.67. The van der Waals surface area contributed by atoms with Crippen LogP contribution in [0.5, 0.6) is 0 Å². The predicted molar refractivity (Wildman–Crippen MR) is 74.8 cm³/mol. The van der Waals surface area contributed by atoms with Crippen LogP contribution in [0.2, 0.25) is 0 Å². The molecule has 0 radical (unpaired) electrons. The Balaban J connectivity index is 1.86. The third kappa shape index (κ3) is 4.42. The van der Waals surface area contributed by atoms with Crippen molar-refractivity contribution < 1.29 is 13.2 Å². The van der Waals surface area contributed by atoms with Gasteiger partial charge >= 0.3 is 6.18 Å². The van der Waals surface area contributed by atoms with Crippen LogP contribution in [-0.4, -0.2) is 12.2 Å². The summed E-state index contributed by atoms with van der Waals surface area (Å²) in [7, 11) is 0. The van der Waals surface area contributed by atoms with E-state index in [1.807, 2.05) is 36.6 Å². The van der Waals surface area contributed by atoms with E-state index < -0.39 is 12.6 Å². The van der Waals surface area contributed by atoms with Gasteiger partial charge in [0.2, 0.25) is 0 Å². The summed E-state index contributed by atoms with van der Waals surface area (Å²) < 4.78 is 37.4. The molecule has 2 aromatic rings. The van der Waals surface area contributed by atoms with E-state index in [4.69, 9.17) is 0 Å². The number of nitrogens with one attached hydrogen (secondary N) is 1. The van der Waals surface area contributed by atoms with Crippen molar-refractivity contribution in [3.8, 4) is 0 Å². The largest absolute Gasteiger partial charge is 0.389 e. The lowest BCUT2D eigenvalue weighted by molar-refractivity contribution is -0.135. The number of thiophene rings is 1. The topological polar surface area (TPSA) is 12.0 Å². The summed E-state index contributed by atoms with van der Waals surface area (Å²) in [5, 5.41) is 6.44. The molecule has 19 heavy (non-hydrogen) atoms. The van der Waals surface area contributed by atoms with Crippen LogP contribution >= 0.6 is 11.3 Å². The maximum atomic E-state index is 12.1. The minimum atomic E-state index is -4.05. The smallest absolute Gasteiger partial charge is 0.383 e. The van der Waals surface area contributed by atoms with Crippen molar-refractivity contribution in [2.75, 3.05) is 5.32 Å². The normalized spacial score (nSPS) is 13.7. The van der Waals surface area contributed by atoms with Crippen LogP contribution in [0, 0.1) is 0 Å². The molecule has 0 aliphatic carbocycles. The zero-order valence-corrected chi connectivity index (χ0v) is 11.4. The monoisotopic (exact) mass is 287 g/mol. The summed E-state index contributed by atoms with van der Waals surface area (Å²) in [6, 6.07) is 8.12. The number of anilines is 1. The van der Waals surface area contributed by atoms with E-state index in [2.05, 4.69) is 5.32 Å². The van der Waals surface area contributed by atoms with Gasteiger partial charge in [-0.3, -0.25) is 0 Å². The summed E-state index contributed by atoms with van der Waals surface area (Å²) in [4.78, 5) is 0. The van der Waals surface area contributed by atoms with E-state index in [0.717, 1.165) is 11.1 Å². The van der Waals surface area contributed by atoms with E-state index in [-0.39, 0.29) is 12.5 Å². The van der Waals surface area contributed by atoms with Crippen LogP contribution in [0.1, 0.15) is 26.2 Å². The van der Waals surface area contributed by atoms with Crippen molar-refractivity contribution in [3.05, 3.63) is 29.6 Å². The summed E-state index contributed by atoms with van der Waals surface area (Å²) in [6.45, 7) is 1.91. The Morgan fingerprint density at radius 1 is 1.26 bits per heavy atom. The number of fused-ring (bicyclic) bond motifs is 1. The molecule has 0 aliphatic heterocycles. The molecule has 0 saturated heterocycles. The average Bonchev–Trinajstić information content (AvgIpc) is 2.74. The maximum Gasteiger partial charge on any atom is 0.389 e. The molecule has 1 unspecified atom stereocenters. The average molecular weight is 287 g/mol. The molecule has 104 valence electrons. The van der Waals surface area contributed by atoms with Gasteiger partial charge in [0.15, 0.2) is 0 Å². The van der Waals surface area contributed by atoms with Gasteiger partial charge in [-0.25, -0.2) is 0 Å². The van der Waals surface area contributed by atoms with Crippen LogP contribution < -0.4 is 5.32 Å². The van der Waals surface area contributed by atoms with Gasteiger partial charge in [0, 0.05) is 22.8 Å². The minimum absolute atomic E-state index is 0.0402. The molecule has 0 aliphatic rings. The molecule has 0 fully saturated rings. The van der Waals surface area contributed by atoms with Gasteiger partial charge in [-0.1, -0.05) is 0 Å². The van der Waals surface area contributed by atoms with Crippen LogP contribution in [-0.2, 0) is 0 Å². The molecule has 1 atom stereocenters. The number of alkyl halides is 3. The third-order valence-corrected chi connectivity index (χ3v) is 3.86. The summed E-state index contributed by atoms with van der Waals surface area (Å²) in [5.74, 6) is 0. The van der Waals surface area contributed by atoms with Gasteiger partial charge < -0.3 is 5.32 Å². The Hall–Kier alpha value is -1.23. The van der Waals surface area contributed by atoms with Gasteiger partial charge in [0.25, 0.3) is 0 Å². The molecular weight excluding hydrogens is 271 g/mol. The molecule has 1 nitrogen and oxygen atoms in total. The predicted octanol–water partition coefficient (Wildman–Crippen LogP) is 5.43. The number of hydrogen-bond acceptors (Lipinski definition) is 2. The summed E-state index contributed by atoms with van der Waals surface area (Å²) in [5.41, 5.74) is 0.963. The van der Waals surface area contributed by atoms with Crippen molar-refractivity contribution >= 4 is 27.1 Å². The molecule has 1 heterocycles. The molecule has 0 bridgehead atoms. The van der Waals surface area contributed by atoms with E-state index >= 15 is 0 Å². The Labute approximate surface area is 114 Å². The van der Waals surface area contributed by atoms with Gasteiger partial charge in [-0.15, -0.1) is 11.3 Å². The number of rotatable bonds is 5. The van der Waals surface area contributed by atoms with Crippen molar-refractivity contribution in [2.45, 2.75) is 38.4 Å². The van der Waals surface area contributed by atoms with E-state index in [1.54, 1.807) is 11.3 Å². The molecule has 0 spiro atoms. The Bertz CT molecular complexity index is 533. The first-order valence-corrected chi connectivity index (χ1v) is 7.12. The lowest BCUT2D eigenvalue weighted by Crippen LogP contribution is -2.16. The van der Waals surface area contributed by atoms with Gasteiger partial charge in [0.1, 0.15) is 0 Å². The van der Waals surface area contributed by atoms with Crippen LogP contribution in [0.4, 0.5) is 18.9 Å². The number of halogens is 3. The first-order valence-electron chi connectivity index (χ1n) is 6.24. The highest BCUT2D eigenvalue weighted by Gasteiger charge is 2.26. The molecule has 1 N–H and O–H groups in total. The van der Waals surface area contributed by atoms with Gasteiger partial charge in [0.05, 0.1) is 0 Å². The highest BCUT2D eigenvalue weighted by Crippen LogP contribution is 2.26. The van der Waals surface area contributed by atoms with Crippen LogP contribution in [0.3, 0.4) is 0 Å². The first kappa shape index (κ1) is 14.2. The third-order valence-electron chi connectivity index (χ3n) is 2.96. The van der Waals surface area contributed by atoms with Gasteiger partial charge in [-0.2, -0.15) is 13.2 Å². The van der Waals surface area contributed by atoms with E-state index in [0.29, 0.717) is 6.42 Å². The second kappa shape index (κ2) is 5.82. The minimum Gasteiger partial charge on any atom is -0.383 e. The highest BCUT2D eigenvalue weighted by atomic mass is 32.1. The molecular formula is C14H16F3NS. The number of hydrogen-bond donors (Lipinski definition) is 1. The fourth-order valence-corrected chi connectivity index (χ4v) is 2.79. The lowest BCUT2D eigenvalue weighted by atomic mass is 10.1. The Kier molecular flexibility index (Phi) is 4.34. The second-order valence-electron chi connectivity index (χ2n) is 4.73. The van der Waals surface area contributed by atoms with Crippen molar-refractivity contribution in [3.63, 3.8) is 0 Å².